The molecule has 0 bridgehead atoms. The summed E-state index contributed by atoms with van der Waals surface area (Å²) in [6.07, 6.45) is 30.8. The van der Waals surface area contributed by atoms with E-state index in [0.29, 0.717) is 44.4 Å². The fourth-order valence-electron chi connectivity index (χ4n) is 12.3. The first-order valence-electron chi connectivity index (χ1n) is 24.8. The van der Waals surface area contributed by atoms with Crippen molar-refractivity contribution in [1.29, 1.82) is 0 Å². The number of rotatable bonds is 27. The van der Waals surface area contributed by atoms with Gasteiger partial charge in [0.05, 0.1) is 6.54 Å². The van der Waals surface area contributed by atoms with Gasteiger partial charge in [-0.25, -0.2) is 4.79 Å². The van der Waals surface area contributed by atoms with Crippen molar-refractivity contribution in [3.63, 3.8) is 0 Å². The molecule has 3 amide bonds. The lowest BCUT2D eigenvalue weighted by atomic mass is 9.47. The van der Waals surface area contributed by atoms with Crippen LogP contribution in [0, 0.1) is 46.3 Å². The van der Waals surface area contributed by atoms with E-state index in [1.54, 1.807) is 4.90 Å². The Morgan fingerprint density at radius 1 is 0.810 bits per heavy atom. The number of amides is 3. The molecule has 4 N–H and O–H groups in total. The molecule has 0 unspecified atom stereocenters. The van der Waals surface area contributed by atoms with Gasteiger partial charge < -0.3 is 26.0 Å². The van der Waals surface area contributed by atoms with E-state index in [-0.39, 0.29) is 36.0 Å². The lowest BCUT2D eigenvalue weighted by Crippen LogP contribution is -2.51. The van der Waals surface area contributed by atoms with Crippen molar-refractivity contribution < 1.29 is 19.1 Å². The summed E-state index contributed by atoms with van der Waals surface area (Å²) in [4.78, 5) is 40.8. The Hall–Kier alpha value is -2.09. The number of nitrogens with zero attached hydrogens (tertiary/aromatic N) is 1. The van der Waals surface area contributed by atoms with Crippen molar-refractivity contribution in [3.05, 3.63) is 11.6 Å². The van der Waals surface area contributed by atoms with Crippen LogP contribution in [0.4, 0.5) is 4.79 Å². The van der Waals surface area contributed by atoms with E-state index in [9.17, 15) is 14.4 Å². The third-order valence-corrected chi connectivity index (χ3v) is 15.8. The Bertz CT molecular complexity index is 1270. The molecule has 4 aliphatic rings. The fourth-order valence-corrected chi connectivity index (χ4v) is 12.3. The van der Waals surface area contributed by atoms with Crippen molar-refractivity contribution in [1.82, 2.24) is 15.5 Å². The second-order valence-corrected chi connectivity index (χ2v) is 20.4. The maximum atomic E-state index is 13.3. The van der Waals surface area contributed by atoms with E-state index >= 15 is 0 Å². The molecule has 58 heavy (non-hydrogen) atoms. The molecule has 0 heterocycles. The van der Waals surface area contributed by atoms with Gasteiger partial charge in [0, 0.05) is 32.5 Å². The first-order valence-corrected chi connectivity index (χ1v) is 24.8. The molecule has 3 fully saturated rings. The first kappa shape index (κ1) is 48.6. The van der Waals surface area contributed by atoms with Crippen LogP contribution in [0.25, 0.3) is 0 Å². The largest absolute Gasteiger partial charge is 0.446 e. The van der Waals surface area contributed by atoms with Gasteiger partial charge in [-0.15, -0.1) is 0 Å². The average Bonchev–Trinajstić information content (AvgIpc) is 3.55. The molecule has 0 saturated heterocycles. The Labute approximate surface area is 356 Å². The van der Waals surface area contributed by atoms with E-state index in [1.165, 1.54) is 102 Å². The second kappa shape index (κ2) is 25.0. The van der Waals surface area contributed by atoms with Gasteiger partial charge in [-0.3, -0.25) is 9.59 Å². The lowest BCUT2D eigenvalue weighted by Gasteiger charge is -2.58. The third kappa shape index (κ3) is 14.3. The highest BCUT2D eigenvalue weighted by Gasteiger charge is 2.59. The molecular weight excluding hydrogens is 721 g/mol. The average molecular weight is 811 g/mol. The Kier molecular flexibility index (Phi) is 20.9. The minimum absolute atomic E-state index is 0.0227. The molecule has 0 spiro atoms. The molecule has 0 aromatic heterocycles. The molecule has 0 aliphatic heterocycles. The molecular formula is C50H90N4O4. The Balaban J connectivity index is 1.20. The van der Waals surface area contributed by atoms with Gasteiger partial charge in [0.25, 0.3) is 0 Å². The van der Waals surface area contributed by atoms with Crippen LogP contribution in [0.5, 0.6) is 0 Å². The molecule has 8 atom stereocenters. The zero-order valence-electron chi connectivity index (χ0n) is 38.5. The van der Waals surface area contributed by atoms with Crippen LogP contribution in [0.3, 0.4) is 0 Å². The van der Waals surface area contributed by atoms with Crippen LogP contribution < -0.4 is 16.4 Å². The van der Waals surface area contributed by atoms with Gasteiger partial charge in [0.15, 0.2) is 0 Å². The van der Waals surface area contributed by atoms with E-state index in [0.717, 1.165) is 86.9 Å². The number of carbonyl (C=O) groups is 3. The maximum absolute atomic E-state index is 13.3. The van der Waals surface area contributed by atoms with Gasteiger partial charge in [-0.1, -0.05) is 130 Å². The highest BCUT2D eigenvalue weighted by molar-refractivity contribution is 5.84. The number of fused-ring (bicyclic) bond motifs is 5. The molecule has 8 heteroatoms. The summed E-state index contributed by atoms with van der Waals surface area (Å²) >= 11 is 0. The standard InChI is InChI=1S/C50H90N4O4/c1-7-8-9-10-11-12-13-14-15-16-23-47(56)54(37-46(55)52-33-18-17-32-51)35-20-34-53-48(57)58-41-28-30-49(5)40(36-41)24-25-42-44-27-26-43(39(4)22-19-21-38(2)3)50(44,6)31-29-45(42)49/h24,38-39,41-45H,7-23,25-37,51H2,1-6H3,(H,52,55)(H,53,57)/t39-,41+,42+,43-,44+,45+,49+,50-/m1/s1. The summed E-state index contributed by atoms with van der Waals surface area (Å²) in [6.45, 7) is 16.8. The summed E-state index contributed by atoms with van der Waals surface area (Å²) in [5.74, 6) is 4.79. The van der Waals surface area contributed by atoms with Crippen LogP contribution >= 0.6 is 0 Å². The number of allylic oxidation sites excluding steroid dienone is 1. The van der Waals surface area contributed by atoms with Crippen LogP contribution in [0.2, 0.25) is 0 Å². The topological polar surface area (TPSA) is 114 Å². The molecule has 334 valence electrons. The highest BCUT2D eigenvalue weighted by Crippen LogP contribution is 2.67. The molecule has 0 aromatic rings. The summed E-state index contributed by atoms with van der Waals surface area (Å²) in [6, 6.07) is 0. The van der Waals surface area contributed by atoms with E-state index in [4.69, 9.17) is 10.5 Å². The lowest BCUT2D eigenvalue weighted by molar-refractivity contribution is -0.136. The van der Waals surface area contributed by atoms with Crippen molar-refractivity contribution in [2.45, 2.75) is 208 Å². The quantitative estimate of drug-likeness (QED) is 0.0565. The summed E-state index contributed by atoms with van der Waals surface area (Å²) in [5, 5.41) is 5.92. The number of hydrogen-bond acceptors (Lipinski definition) is 5. The van der Waals surface area contributed by atoms with Gasteiger partial charge in [0.2, 0.25) is 11.8 Å². The van der Waals surface area contributed by atoms with E-state index < -0.39 is 0 Å². The van der Waals surface area contributed by atoms with Crippen molar-refractivity contribution in [3.8, 4) is 0 Å². The van der Waals surface area contributed by atoms with Crippen molar-refractivity contribution >= 4 is 17.9 Å². The summed E-state index contributed by atoms with van der Waals surface area (Å²) in [5.41, 5.74) is 7.86. The number of hydrogen-bond donors (Lipinski definition) is 3. The van der Waals surface area contributed by atoms with E-state index in [2.05, 4.69) is 58.3 Å². The Morgan fingerprint density at radius 3 is 2.22 bits per heavy atom. The zero-order chi connectivity index (χ0) is 42.0. The van der Waals surface area contributed by atoms with Crippen molar-refractivity contribution in [2.24, 2.45) is 52.1 Å². The van der Waals surface area contributed by atoms with Crippen LogP contribution in [-0.4, -0.2) is 61.6 Å². The van der Waals surface area contributed by atoms with Crippen LogP contribution in [0.15, 0.2) is 11.6 Å². The monoisotopic (exact) mass is 811 g/mol. The predicted molar refractivity (Wildman–Crippen MR) is 240 cm³/mol. The maximum Gasteiger partial charge on any atom is 0.407 e. The number of ether oxygens (including phenoxy) is 1. The number of nitrogens with two attached hydrogens (primary N) is 1. The van der Waals surface area contributed by atoms with Gasteiger partial charge >= 0.3 is 6.09 Å². The zero-order valence-corrected chi connectivity index (χ0v) is 38.5. The van der Waals surface area contributed by atoms with Gasteiger partial charge in [-0.05, 0) is 124 Å². The number of unbranched alkanes of at least 4 members (excludes halogenated alkanes) is 10. The van der Waals surface area contributed by atoms with Crippen molar-refractivity contribution in [2.75, 3.05) is 32.7 Å². The molecule has 0 radical (unpaired) electrons. The number of alkyl carbamates (subject to hydrolysis) is 1. The second-order valence-electron chi connectivity index (χ2n) is 20.4. The molecule has 0 aromatic carbocycles. The normalized spacial score (nSPS) is 28.2. The molecule has 4 aliphatic carbocycles. The highest BCUT2D eigenvalue weighted by atomic mass is 16.6. The fraction of sp³-hybridized carbons (Fsp3) is 0.900. The smallest absolute Gasteiger partial charge is 0.407 e. The first-order chi connectivity index (χ1) is 27.9. The van der Waals surface area contributed by atoms with Crippen LogP contribution in [0.1, 0.15) is 202 Å². The SMILES string of the molecule is CCCCCCCCCCCCC(=O)N(CCCNC(=O)O[C@H]1CC[C@@]2(C)C(=CC[C@H]3[C@@H]4CC[C@H]([C@H](C)CCCC(C)C)[C@@]4(C)CC[C@@H]32)C1)CC(=O)NCCCCN. The van der Waals surface area contributed by atoms with E-state index in [1.807, 2.05) is 0 Å². The van der Waals surface area contributed by atoms with Gasteiger partial charge in [-0.2, -0.15) is 0 Å². The summed E-state index contributed by atoms with van der Waals surface area (Å²) in [7, 11) is 0. The summed E-state index contributed by atoms with van der Waals surface area (Å²) < 4.78 is 6.05. The third-order valence-electron chi connectivity index (χ3n) is 15.8. The minimum Gasteiger partial charge on any atom is -0.446 e. The molecule has 8 nitrogen and oxygen atoms in total. The minimum atomic E-state index is -0.364. The number of carbonyl (C=O) groups excluding carboxylic acids is 3. The number of nitrogens with one attached hydrogen (secondary N) is 2. The Morgan fingerprint density at radius 2 is 1.52 bits per heavy atom. The predicted octanol–water partition coefficient (Wildman–Crippen LogP) is 11.5. The van der Waals surface area contributed by atoms with Crippen LogP contribution in [-0.2, 0) is 14.3 Å². The van der Waals surface area contributed by atoms with Gasteiger partial charge in [0.1, 0.15) is 6.10 Å². The molecule has 3 saturated carbocycles. The molecule has 4 rings (SSSR count).